The molecule has 2 aromatic rings. The minimum Gasteiger partial charge on any atom is -0.377 e. The van der Waals surface area contributed by atoms with Crippen LogP contribution in [0.15, 0.2) is 18.3 Å². The molecule has 0 aromatic carbocycles. The minimum absolute atomic E-state index is 0.137. The van der Waals surface area contributed by atoms with Crippen molar-refractivity contribution in [1.82, 2.24) is 14.5 Å². The average molecular weight is 237 g/mol. The lowest BCUT2D eigenvalue weighted by Crippen LogP contribution is -2.16. The van der Waals surface area contributed by atoms with E-state index >= 15 is 0 Å². The molecule has 5 heteroatoms. The molecule has 86 valence electrons. The van der Waals surface area contributed by atoms with E-state index in [0.717, 1.165) is 17.7 Å². The van der Waals surface area contributed by atoms with Gasteiger partial charge < -0.3 is 9.72 Å². The summed E-state index contributed by atoms with van der Waals surface area (Å²) < 4.78 is 8.18. The molecular weight excluding hydrogens is 222 g/mol. The number of imidazole rings is 1. The molecule has 0 spiro atoms. The van der Waals surface area contributed by atoms with Crippen molar-refractivity contribution >= 4 is 23.4 Å². The summed E-state index contributed by atoms with van der Waals surface area (Å²) in [5, 5.41) is 0. The number of H-pyrrole nitrogens is 1. The second-order valence-electron chi connectivity index (χ2n) is 3.68. The molecule has 1 N–H and O–H groups in total. The molecule has 0 aliphatic heterocycles. The Morgan fingerprint density at radius 2 is 2.44 bits per heavy atom. The highest BCUT2D eigenvalue weighted by atomic mass is 32.1. The van der Waals surface area contributed by atoms with Crippen LogP contribution in [0, 0.1) is 4.77 Å². The smallest absolute Gasteiger partial charge is 0.179 e. The molecule has 0 saturated heterocycles. The number of nitrogens with one attached hydrogen (secondary N) is 1. The molecule has 1 unspecified atom stereocenters. The first kappa shape index (κ1) is 11.3. The zero-order valence-corrected chi connectivity index (χ0v) is 10.3. The topological polar surface area (TPSA) is 42.8 Å². The molecule has 16 heavy (non-hydrogen) atoms. The fraction of sp³-hybridized carbons (Fsp3) is 0.455. The Balaban J connectivity index is 2.36. The van der Waals surface area contributed by atoms with Gasteiger partial charge in [0.15, 0.2) is 10.4 Å². The summed E-state index contributed by atoms with van der Waals surface area (Å²) in [5.41, 5.74) is 1.86. The van der Waals surface area contributed by atoms with Crippen molar-refractivity contribution < 1.29 is 4.74 Å². The van der Waals surface area contributed by atoms with Gasteiger partial charge in [0.2, 0.25) is 0 Å². The highest BCUT2D eigenvalue weighted by Crippen LogP contribution is 2.11. The first-order chi connectivity index (χ1) is 7.72. The summed E-state index contributed by atoms with van der Waals surface area (Å²) >= 11 is 5.27. The molecule has 0 saturated carbocycles. The first-order valence-electron chi connectivity index (χ1n) is 5.37. The zero-order chi connectivity index (χ0) is 11.5. The summed E-state index contributed by atoms with van der Waals surface area (Å²) in [5.74, 6) is 0. The van der Waals surface area contributed by atoms with E-state index in [1.165, 1.54) is 0 Å². The highest BCUT2D eigenvalue weighted by Gasteiger charge is 2.08. The van der Waals surface area contributed by atoms with E-state index < -0.39 is 0 Å². The van der Waals surface area contributed by atoms with Crippen molar-refractivity contribution in [1.29, 1.82) is 0 Å². The molecular formula is C11H15N3OS. The fourth-order valence-electron chi connectivity index (χ4n) is 1.75. The maximum absolute atomic E-state index is 5.51. The number of aromatic amines is 1. The predicted molar refractivity (Wildman–Crippen MR) is 66.0 cm³/mol. The maximum atomic E-state index is 5.51. The monoisotopic (exact) mass is 237 g/mol. The number of pyridine rings is 1. The predicted octanol–water partition coefficient (Wildman–Crippen LogP) is 2.52. The molecule has 2 heterocycles. The Kier molecular flexibility index (Phi) is 3.36. The van der Waals surface area contributed by atoms with Crippen molar-refractivity contribution in [2.45, 2.75) is 26.5 Å². The van der Waals surface area contributed by atoms with Crippen molar-refractivity contribution in [3.8, 4) is 0 Å². The molecule has 2 rings (SSSR count). The number of rotatable bonds is 4. The van der Waals surface area contributed by atoms with Crippen LogP contribution in [0.25, 0.3) is 11.2 Å². The van der Waals surface area contributed by atoms with Gasteiger partial charge in [-0.2, -0.15) is 0 Å². The molecule has 1 atom stereocenters. The summed E-state index contributed by atoms with van der Waals surface area (Å²) in [7, 11) is 0. The van der Waals surface area contributed by atoms with E-state index in [1.54, 1.807) is 6.20 Å². The second kappa shape index (κ2) is 4.76. The number of fused-ring (bicyclic) bond motifs is 1. The van der Waals surface area contributed by atoms with E-state index in [1.807, 2.05) is 30.5 Å². The maximum Gasteiger partial charge on any atom is 0.179 e. The van der Waals surface area contributed by atoms with Crippen LogP contribution in [0.5, 0.6) is 0 Å². The van der Waals surface area contributed by atoms with Crippen LogP contribution in [0.2, 0.25) is 0 Å². The van der Waals surface area contributed by atoms with Crippen LogP contribution in [0.3, 0.4) is 0 Å². The minimum atomic E-state index is 0.137. The van der Waals surface area contributed by atoms with Gasteiger partial charge in [0.05, 0.1) is 18.2 Å². The van der Waals surface area contributed by atoms with Gasteiger partial charge in [0, 0.05) is 12.8 Å². The van der Waals surface area contributed by atoms with Gasteiger partial charge in [-0.15, -0.1) is 0 Å². The fourth-order valence-corrected chi connectivity index (χ4v) is 2.02. The van der Waals surface area contributed by atoms with E-state index in [0.29, 0.717) is 11.4 Å². The largest absolute Gasteiger partial charge is 0.377 e. The Bertz CT molecular complexity index is 531. The van der Waals surface area contributed by atoms with Gasteiger partial charge in [-0.05, 0) is 38.2 Å². The highest BCUT2D eigenvalue weighted by molar-refractivity contribution is 7.71. The molecule has 0 radical (unpaired) electrons. The molecule has 0 fully saturated rings. The van der Waals surface area contributed by atoms with Crippen molar-refractivity contribution in [3.63, 3.8) is 0 Å². The third kappa shape index (κ3) is 2.15. The normalized spacial score (nSPS) is 13.1. The quantitative estimate of drug-likeness (QED) is 0.831. The van der Waals surface area contributed by atoms with Gasteiger partial charge in [-0.3, -0.25) is 4.57 Å². The van der Waals surface area contributed by atoms with Crippen LogP contribution in [0.4, 0.5) is 0 Å². The third-order valence-electron chi connectivity index (χ3n) is 2.42. The molecule has 0 aliphatic carbocycles. The SMILES string of the molecule is CCOC(C)Cn1c(=S)[nH]c2cccnc21. The lowest BCUT2D eigenvalue weighted by molar-refractivity contribution is 0.0644. The average Bonchev–Trinajstić information content (AvgIpc) is 2.56. The molecule has 0 amide bonds. The van der Waals surface area contributed by atoms with Crippen LogP contribution in [0.1, 0.15) is 13.8 Å². The van der Waals surface area contributed by atoms with E-state index in [2.05, 4.69) is 9.97 Å². The second-order valence-corrected chi connectivity index (χ2v) is 4.07. The zero-order valence-electron chi connectivity index (χ0n) is 9.43. The Hall–Kier alpha value is -1.20. The summed E-state index contributed by atoms with van der Waals surface area (Å²) in [4.78, 5) is 7.46. The molecule has 2 aromatic heterocycles. The van der Waals surface area contributed by atoms with Crippen LogP contribution < -0.4 is 0 Å². The molecule has 0 aliphatic rings. The molecule has 0 bridgehead atoms. The number of nitrogens with zero attached hydrogens (tertiary/aromatic N) is 2. The van der Waals surface area contributed by atoms with E-state index in [-0.39, 0.29) is 6.10 Å². The number of ether oxygens (including phenoxy) is 1. The van der Waals surface area contributed by atoms with Crippen molar-refractivity contribution in [2.75, 3.05) is 6.61 Å². The standard InChI is InChI=1S/C11H15N3OS/c1-3-15-8(2)7-14-10-9(13-11(14)16)5-4-6-12-10/h4-6,8H,3,7H2,1-2H3,(H,13,16). The Morgan fingerprint density at radius 3 is 3.19 bits per heavy atom. The van der Waals surface area contributed by atoms with Gasteiger partial charge in [0.25, 0.3) is 0 Å². The number of aromatic nitrogens is 3. The van der Waals surface area contributed by atoms with Gasteiger partial charge in [0.1, 0.15) is 0 Å². The first-order valence-corrected chi connectivity index (χ1v) is 5.78. The van der Waals surface area contributed by atoms with Crippen molar-refractivity contribution in [2.24, 2.45) is 0 Å². The van der Waals surface area contributed by atoms with Crippen LogP contribution in [-0.2, 0) is 11.3 Å². The van der Waals surface area contributed by atoms with Crippen molar-refractivity contribution in [3.05, 3.63) is 23.1 Å². The molecule has 4 nitrogen and oxygen atoms in total. The van der Waals surface area contributed by atoms with Crippen LogP contribution in [-0.4, -0.2) is 27.2 Å². The summed E-state index contributed by atoms with van der Waals surface area (Å²) in [6.07, 6.45) is 1.91. The Labute approximate surface area is 99.3 Å². The number of hydrogen-bond acceptors (Lipinski definition) is 3. The van der Waals surface area contributed by atoms with E-state index in [9.17, 15) is 0 Å². The van der Waals surface area contributed by atoms with Gasteiger partial charge in [-0.1, -0.05) is 0 Å². The third-order valence-corrected chi connectivity index (χ3v) is 2.74. The van der Waals surface area contributed by atoms with E-state index in [4.69, 9.17) is 17.0 Å². The Morgan fingerprint density at radius 1 is 1.62 bits per heavy atom. The number of hydrogen-bond donors (Lipinski definition) is 1. The lowest BCUT2D eigenvalue weighted by Gasteiger charge is -2.12. The lowest BCUT2D eigenvalue weighted by atomic mass is 10.4. The van der Waals surface area contributed by atoms with Gasteiger partial charge >= 0.3 is 0 Å². The van der Waals surface area contributed by atoms with Crippen LogP contribution >= 0.6 is 12.2 Å². The summed E-state index contributed by atoms with van der Waals surface area (Å²) in [6.45, 7) is 5.46. The summed E-state index contributed by atoms with van der Waals surface area (Å²) in [6, 6.07) is 3.86. The van der Waals surface area contributed by atoms with Gasteiger partial charge in [-0.25, -0.2) is 4.98 Å².